The van der Waals surface area contributed by atoms with Crippen molar-refractivity contribution in [2.24, 2.45) is 0 Å². The summed E-state index contributed by atoms with van der Waals surface area (Å²) in [6.45, 7) is 3.80. The number of tetrazole rings is 1. The highest BCUT2D eigenvalue weighted by Gasteiger charge is 2.20. The lowest BCUT2D eigenvalue weighted by Gasteiger charge is -2.12. The highest BCUT2D eigenvalue weighted by Crippen LogP contribution is 2.30. The zero-order chi connectivity index (χ0) is 25.9. The number of anilines is 1. The third kappa shape index (κ3) is 4.76. The second-order valence-corrected chi connectivity index (χ2v) is 8.38. The van der Waals surface area contributed by atoms with Crippen LogP contribution in [-0.4, -0.2) is 50.1 Å². The molecule has 0 spiro atoms. The maximum absolute atomic E-state index is 13.6. The highest BCUT2D eigenvalue weighted by atomic mass is 16.5. The molecule has 0 aliphatic carbocycles. The molecule has 0 aliphatic rings. The molecule has 0 aliphatic heterocycles. The fourth-order valence-corrected chi connectivity index (χ4v) is 3.94. The van der Waals surface area contributed by atoms with Gasteiger partial charge in [0.15, 0.2) is 5.82 Å². The summed E-state index contributed by atoms with van der Waals surface area (Å²) in [6, 6.07) is 20.7. The number of methoxy groups -OCH3 is 2. The third-order valence-corrected chi connectivity index (χ3v) is 5.89. The van der Waals surface area contributed by atoms with E-state index in [2.05, 4.69) is 20.8 Å². The maximum Gasteiger partial charge on any atom is 0.259 e. The average molecular weight is 496 g/mol. The Morgan fingerprint density at radius 2 is 1.76 bits per heavy atom. The Labute approximate surface area is 213 Å². The van der Waals surface area contributed by atoms with Crippen LogP contribution in [0.15, 0.2) is 72.9 Å². The van der Waals surface area contributed by atoms with Crippen molar-refractivity contribution in [1.29, 1.82) is 0 Å². The highest BCUT2D eigenvalue weighted by molar-refractivity contribution is 6.08. The summed E-state index contributed by atoms with van der Waals surface area (Å²) in [5, 5.41) is 19.4. The van der Waals surface area contributed by atoms with E-state index in [1.807, 2.05) is 55.5 Å². The third-order valence-electron chi connectivity index (χ3n) is 5.89. The molecule has 0 radical (unpaired) electrons. The number of nitrogens with zero attached hydrogens (tertiary/aromatic N) is 6. The van der Waals surface area contributed by atoms with Crippen LogP contribution in [0.5, 0.6) is 11.5 Å². The molecule has 2 heterocycles. The van der Waals surface area contributed by atoms with Crippen LogP contribution in [0.1, 0.15) is 21.7 Å². The van der Waals surface area contributed by atoms with Crippen molar-refractivity contribution in [2.45, 2.75) is 13.8 Å². The van der Waals surface area contributed by atoms with Crippen molar-refractivity contribution in [3.05, 3.63) is 89.9 Å². The van der Waals surface area contributed by atoms with Crippen LogP contribution in [-0.2, 0) is 0 Å². The van der Waals surface area contributed by atoms with Crippen molar-refractivity contribution in [3.8, 4) is 34.1 Å². The molecule has 0 unspecified atom stereocenters. The first-order valence-electron chi connectivity index (χ1n) is 11.5. The SMILES string of the molecule is COc1cccc(-c2nn(-c3ccc(C)cc3)cc2C(=O)Nc2ccc(OC)c(-n3nnnc3C)c2)c1. The van der Waals surface area contributed by atoms with Gasteiger partial charge in [-0.1, -0.05) is 29.8 Å². The van der Waals surface area contributed by atoms with Crippen LogP contribution in [0.25, 0.3) is 22.6 Å². The van der Waals surface area contributed by atoms with Crippen molar-refractivity contribution in [3.63, 3.8) is 0 Å². The van der Waals surface area contributed by atoms with Crippen molar-refractivity contribution in [2.75, 3.05) is 19.5 Å². The molecule has 0 bridgehead atoms. The van der Waals surface area contributed by atoms with E-state index in [0.29, 0.717) is 40.0 Å². The summed E-state index contributed by atoms with van der Waals surface area (Å²) in [6.07, 6.45) is 1.73. The van der Waals surface area contributed by atoms with Crippen molar-refractivity contribution >= 4 is 11.6 Å². The lowest BCUT2D eigenvalue weighted by Crippen LogP contribution is -2.13. The standard InChI is InChI=1S/C27H25N7O3/c1-17-8-11-21(12-9-17)33-16-23(26(30-33)19-6-5-7-22(14-19)36-3)27(35)28-20-10-13-25(37-4)24(15-20)34-18(2)29-31-32-34/h5-16H,1-4H3,(H,28,35). The molecule has 5 aromatic rings. The molecule has 10 heteroatoms. The van der Waals surface area contributed by atoms with Crippen LogP contribution in [0.3, 0.4) is 0 Å². The summed E-state index contributed by atoms with van der Waals surface area (Å²) in [5.74, 6) is 1.50. The van der Waals surface area contributed by atoms with Gasteiger partial charge in [0.1, 0.15) is 22.9 Å². The van der Waals surface area contributed by atoms with Gasteiger partial charge in [0, 0.05) is 17.4 Å². The molecule has 0 atom stereocenters. The van der Waals surface area contributed by atoms with E-state index in [4.69, 9.17) is 14.6 Å². The van der Waals surface area contributed by atoms with Gasteiger partial charge in [-0.05, 0) is 66.7 Å². The van der Waals surface area contributed by atoms with Gasteiger partial charge >= 0.3 is 0 Å². The molecule has 3 aromatic carbocycles. The van der Waals surface area contributed by atoms with Gasteiger partial charge in [-0.15, -0.1) is 5.10 Å². The van der Waals surface area contributed by atoms with E-state index >= 15 is 0 Å². The van der Waals surface area contributed by atoms with E-state index in [9.17, 15) is 4.79 Å². The Balaban J connectivity index is 1.55. The van der Waals surface area contributed by atoms with Gasteiger partial charge in [0.05, 0.1) is 25.5 Å². The van der Waals surface area contributed by atoms with Crippen molar-refractivity contribution < 1.29 is 14.3 Å². The Morgan fingerprint density at radius 1 is 0.946 bits per heavy atom. The van der Waals surface area contributed by atoms with E-state index < -0.39 is 0 Å². The molecule has 0 saturated heterocycles. The Kier molecular flexibility index (Phi) is 6.38. The number of carbonyl (C=O) groups is 1. The number of rotatable bonds is 7. The van der Waals surface area contributed by atoms with Gasteiger partial charge in [-0.3, -0.25) is 4.79 Å². The summed E-state index contributed by atoms with van der Waals surface area (Å²) >= 11 is 0. The van der Waals surface area contributed by atoms with Gasteiger partial charge in [-0.2, -0.15) is 9.78 Å². The van der Waals surface area contributed by atoms with Gasteiger partial charge in [-0.25, -0.2) is 4.68 Å². The minimum Gasteiger partial charge on any atom is -0.497 e. The summed E-state index contributed by atoms with van der Waals surface area (Å²) in [5.41, 5.74) is 4.83. The molecule has 186 valence electrons. The van der Waals surface area contributed by atoms with Crippen LogP contribution in [0.4, 0.5) is 5.69 Å². The van der Waals surface area contributed by atoms with E-state index in [-0.39, 0.29) is 5.91 Å². The number of hydrogen-bond acceptors (Lipinski definition) is 7. The molecule has 37 heavy (non-hydrogen) atoms. The number of aromatic nitrogens is 6. The molecule has 2 aromatic heterocycles. The Hall–Kier alpha value is -4.99. The Bertz CT molecular complexity index is 1570. The monoisotopic (exact) mass is 495 g/mol. The number of carbonyl (C=O) groups excluding carboxylic acids is 1. The lowest BCUT2D eigenvalue weighted by atomic mass is 10.1. The number of hydrogen-bond donors (Lipinski definition) is 1. The van der Waals surface area contributed by atoms with Gasteiger partial charge in [0.2, 0.25) is 0 Å². The first kappa shape index (κ1) is 23.7. The first-order chi connectivity index (χ1) is 18.0. The van der Waals surface area contributed by atoms with Crippen LogP contribution in [0.2, 0.25) is 0 Å². The minimum absolute atomic E-state index is 0.319. The van der Waals surface area contributed by atoms with E-state index in [0.717, 1.165) is 16.8 Å². The summed E-state index contributed by atoms with van der Waals surface area (Å²) < 4.78 is 14.1. The molecule has 1 amide bonds. The zero-order valence-corrected chi connectivity index (χ0v) is 20.8. The molecular weight excluding hydrogens is 470 g/mol. The second kappa shape index (κ2) is 9.94. The van der Waals surface area contributed by atoms with Gasteiger partial charge in [0.25, 0.3) is 5.91 Å². The number of aryl methyl sites for hydroxylation is 2. The summed E-state index contributed by atoms with van der Waals surface area (Å²) in [7, 11) is 3.17. The van der Waals surface area contributed by atoms with E-state index in [1.165, 1.54) is 0 Å². The molecule has 1 N–H and O–H groups in total. The smallest absolute Gasteiger partial charge is 0.259 e. The predicted molar refractivity (Wildman–Crippen MR) is 139 cm³/mol. The number of benzene rings is 3. The number of amides is 1. The summed E-state index contributed by atoms with van der Waals surface area (Å²) in [4.78, 5) is 13.6. The average Bonchev–Trinajstić information content (AvgIpc) is 3.56. The molecular formula is C27H25N7O3. The largest absolute Gasteiger partial charge is 0.497 e. The number of ether oxygens (including phenoxy) is 2. The van der Waals surface area contributed by atoms with Crippen molar-refractivity contribution in [1.82, 2.24) is 30.0 Å². The predicted octanol–water partition coefficient (Wildman–Crippen LogP) is 4.40. The molecule has 5 rings (SSSR count). The normalized spacial score (nSPS) is 10.8. The maximum atomic E-state index is 13.6. The first-order valence-corrected chi connectivity index (χ1v) is 11.5. The number of nitrogens with one attached hydrogen (secondary N) is 1. The minimum atomic E-state index is -0.319. The molecule has 0 saturated carbocycles. The Morgan fingerprint density at radius 3 is 2.46 bits per heavy atom. The quantitative estimate of drug-likeness (QED) is 0.356. The lowest BCUT2D eigenvalue weighted by molar-refractivity contribution is 0.102. The topological polar surface area (TPSA) is 109 Å². The van der Waals surface area contributed by atoms with Gasteiger partial charge < -0.3 is 14.8 Å². The zero-order valence-electron chi connectivity index (χ0n) is 20.8. The van der Waals surface area contributed by atoms with Crippen LogP contribution in [0, 0.1) is 13.8 Å². The van der Waals surface area contributed by atoms with Crippen LogP contribution < -0.4 is 14.8 Å². The van der Waals surface area contributed by atoms with E-state index in [1.54, 1.807) is 54.9 Å². The fraction of sp³-hybridized carbons (Fsp3) is 0.148. The van der Waals surface area contributed by atoms with Crippen LogP contribution >= 0.6 is 0 Å². The molecule has 0 fully saturated rings. The molecule has 10 nitrogen and oxygen atoms in total. The fourth-order valence-electron chi connectivity index (χ4n) is 3.94. The second-order valence-electron chi connectivity index (χ2n) is 8.38.